The molecule has 0 bridgehead atoms. The number of rotatable bonds is 4. The fraction of sp³-hybridized carbons (Fsp3) is 0.800. The van der Waals surface area contributed by atoms with Gasteiger partial charge in [-0.3, -0.25) is 0 Å². The van der Waals surface area contributed by atoms with Crippen molar-refractivity contribution >= 4 is 0 Å². The largest absolute Gasteiger partial charge is 0.381 e. The first-order valence-corrected chi connectivity index (χ1v) is 5.45. The maximum atomic E-state index is 5.39. The van der Waals surface area contributed by atoms with Crippen LogP contribution in [0.4, 0.5) is 0 Å². The summed E-state index contributed by atoms with van der Waals surface area (Å²) in [5.41, 5.74) is 0. The number of hydrogen-bond donors (Lipinski definition) is 1. The van der Waals surface area contributed by atoms with Crippen LogP contribution in [0.1, 0.15) is 30.5 Å². The molecule has 5 nitrogen and oxygen atoms in total. The van der Waals surface area contributed by atoms with Crippen molar-refractivity contribution in [2.24, 2.45) is 0 Å². The van der Waals surface area contributed by atoms with Crippen LogP contribution < -0.4 is 5.32 Å². The van der Waals surface area contributed by atoms with Gasteiger partial charge in [-0.1, -0.05) is 5.16 Å². The van der Waals surface area contributed by atoms with Crippen molar-refractivity contribution in [3.8, 4) is 0 Å². The average Bonchev–Trinajstić information content (AvgIpc) is 2.76. The predicted octanol–water partition coefficient (Wildman–Crippen LogP) is 0.725. The SMILES string of the molecule is CNCCc1nc(C2CCCOC2)no1. The van der Waals surface area contributed by atoms with Gasteiger partial charge in [0.15, 0.2) is 5.82 Å². The number of likely N-dealkylation sites (N-methyl/N-ethyl adjacent to an activating group) is 1. The smallest absolute Gasteiger partial charge is 0.227 e. The summed E-state index contributed by atoms with van der Waals surface area (Å²) in [6.45, 7) is 2.45. The van der Waals surface area contributed by atoms with Crippen LogP contribution in [-0.2, 0) is 11.2 Å². The lowest BCUT2D eigenvalue weighted by Crippen LogP contribution is -2.16. The summed E-state index contributed by atoms with van der Waals surface area (Å²) in [7, 11) is 1.91. The lowest BCUT2D eigenvalue weighted by Gasteiger charge is -2.18. The third-order valence-electron chi connectivity index (χ3n) is 2.60. The molecule has 1 N–H and O–H groups in total. The van der Waals surface area contributed by atoms with Gasteiger partial charge in [0.05, 0.1) is 6.61 Å². The van der Waals surface area contributed by atoms with Crippen LogP contribution in [0.15, 0.2) is 4.52 Å². The Labute approximate surface area is 89.2 Å². The van der Waals surface area contributed by atoms with Gasteiger partial charge in [0.1, 0.15) is 0 Å². The Hall–Kier alpha value is -0.940. The van der Waals surface area contributed by atoms with E-state index in [1.165, 1.54) is 0 Å². The summed E-state index contributed by atoms with van der Waals surface area (Å²) >= 11 is 0. The molecule has 1 atom stereocenters. The van der Waals surface area contributed by atoms with E-state index in [4.69, 9.17) is 9.26 Å². The molecule has 1 aliphatic heterocycles. The van der Waals surface area contributed by atoms with E-state index >= 15 is 0 Å². The van der Waals surface area contributed by atoms with Crippen molar-refractivity contribution in [2.75, 3.05) is 26.8 Å². The van der Waals surface area contributed by atoms with Crippen LogP contribution in [-0.4, -0.2) is 36.9 Å². The molecule has 1 aliphatic rings. The van der Waals surface area contributed by atoms with Crippen LogP contribution in [0.5, 0.6) is 0 Å². The quantitative estimate of drug-likeness (QED) is 0.795. The second kappa shape index (κ2) is 5.23. The van der Waals surface area contributed by atoms with Crippen molar-refractivity contribution in [1.82, 2.24) is 15.5 Å². The van der Waals surface area contributed by atoms with E-state index in [0.717, 1.165) is 44.8 Å². The van der Waals surface area contributed by atoms with Gasteiger partial charge in [-0.25, -0.2) is 0 Å². The average molecular weight is 211 g/mol. The molecule has 1 fully saturated rings. The first-order chi connectivity index (χ1) is 7.40. The number of nitrogens with one attached hydrogen (secondary N) is 1. The Kier molecular flexibility index (Phi) is 3.69. The van der Waals surface area contributed by atoms with Gasteiger partial charge in [0.2, 0.25) is 5.89 Å². The standard InChI is InChI=1S/C10H17N3O2/c1-11-5-4-9-12-10(13-15-9)8-3-2-6-14-7-8/h8,11H,2-7H2,1H3. The zero-order chi connectivity index (χ0) is 10.5. The zero-order valence-electron chi connectivity index (χ0n) is 9.03. The Morgan fingerprint density at radius 3 is 3.20 bits per heavy atom. The summed E-state index contributed by atoms with van der Waals surface area (Å²) in [6, 6.07) is 0. The molecule has 2 rings (SSSR count). The minimum Gasteiger partial charge on any atom is -0.381 e. The van der Waals surface area contributed by atoms with E-state index in [1.807, 2.05) is 7.05 Å². The minimum absolute atomic E-state index is 0.325. The van der Waals surface area contributed by atoms with Gasteiger partial charge in [-0.15, -0.1) is 0 Å². The van der Waals surface area contributed by atoms with Gasteiger partial charge in [-0.05, 0) is 19.9 Å². The molecule has 0 spiro atoms. The number of aromatic nitrogens is 2. The van der Waals surface area contributed by atoms with Crippen LogP contribution in [0.25, 0.3) is 0 Å². The predicted molar refractivity (Wildman–Crippen MR) is 54.7 cm³/mol. The van der Waals surface area contributed by atoms with Crippen LogP contribution in [0, 0.1) is 0 Å². The molecule has 1 aromatic rings. The van der Waals surface area contributed by atoms with Crippen molar-refractivity contribution in [3.05, 3.63) is 11.7 Å². The summed E-state index contributed by atoms with van der Waals surface area (Å²) in [5.74, 6) is 1.84. The Balaban J connectivity index is 1.93. The Morgan fingerprint density at radius 2 is 2.47 bits per heavy atom. The molecular formula is C10H17N3O2. The van der Waals surface area contributed by atoms with E-state index in [9.17, 15) is 0 Å². The van der Waals surface area contributed by atoms with Crippen LogP contribution in [0.2, 0.25) is 0 Å². The van der Waals surface area contributed by atoms with E-state index in [-0.39, 0.29) is 0 Å². The number of nitrogens with zero attached hydrogens (tertiary/aromatic N) is 2. The highest BCUT2D eigenvalue weighted by Gasteiger charge is 2.21. The highest BCUT2D eigenvalue weighted by atomic mass is 16.5. The molecule has 2 heterocycles. The molecule has 0 amide bonds. The second-order valence-corrected chi connectivity index (χ2v) is 3.81. The van der Waals surface area contributed by atoms with Gasteiger partial charge >= 0.3 is 0 Å². The molecule has 1 aromatic heterocycles. The van der Waals surface area contributed by atoms with Crippen LogP contribution >= 0.6 is 0 Å². The fourth-order valence-electron chi connectivity index (χ4n) is 1.71. The third-order valence-corrected chi connectivity index (χ3v) is 2.60. The van der Waals surface area contributed by atoms with E-state index in [1.54, 1.807) is 0 Å². The molecule has 0 saturated carbocycles. The molecule has 0 aliphatic carbocycles. The van der Waals surface area contributed by atoms with Crippen molar-refractivity contribution < 1.29 is 9.26 Å². The zero-order valence-corrected chi connectivity index (χ0v) is 9.03. The van der Waals surface area contributed by atoms with E-state index in [0.29, 0.717) is 11.8 Å². The maximum Gasteiger partial charge on any atom is 0.227 e. The Bertz CT molecular complexity index is 295. The molecule has 84 valence electrons. The highest BCUT2D eigenvalue weighted by Crippen LogP contribution is 2.22. The monoisotopic (exact) mass is 211 g/mol. The molecule has 1 unspecified atom stereocenters. The normalized spacial score (nSPS) is 21.8. The topological polar surface area (TPSA) is 60.2 Å². The van der Waals surface area contributed by atoms with Gasteiger partial charge < -0.3 is 14.6 Å². The van der Waals surface area contributed by atoms with Crippen molar-refractivity contribution in [1.29, 1.82) is 0 Å². The molecule has 1 saturated heterocycles. The molecule has 15 heavy (non-hydrogen) atoms. The minimum atomic E-state index is 0.325. The summed E-state index contributed by atoms with van der Waals surface area (Å²) in [6.07, 6.45) is 2.98. The van der Waals surface area contributed by atoms with Crippen molar-refractivity contribution in [3.63, 3.8) is 0 Å². The Morgan fingerprint density at radius 1 is 1.53 bits per heavy atom. The lowest BCUT2D eigenvalue weighted by atomic mass is 10.0. The van der Waals surface area contributed by atoms with Gasteiger partial charge in [0.25, 0.3) is 0 Å². The number of hydrogen-bond acceptors (Lipinski definition) is 5. The van der Waals surface area contributed by atoms with E-state index in [2.05, 4.69) is 15.5 Å². The lowest BCUT2D eigenvalue weighted by molar-refractivity contribution is 0.0773. The molecule has 0 radical (unpaired) electrons. The first kappa shape index (κ1) is 10.6. The third kappa shape index (κ3) is 2.76. The highest BCUT2D eigenvalue weighted by molar-refractivity contribution is 4.96. The summed E-state index contributed by atoms with van der Waals surface area (Å²) < 4.78 is 10.6. The molecule has 5 heteroatoms. The van der Waals surface area contributed by atoms with Gasteiger partial charge in [0, 0.05) is 25.5 Å². The molecule has 0 aromatic carbocycles. The second-order valence-electron chi connectivity index (χ2n) is 3.81. The maximum absolute atomic E-state index is 5.39. The molecular weight excluding hydrogens is 194 g/mol. The fourth-order valence-corrected chi connectivity index (χ4v) is 1.71. The number of ether oxygens (including phenoxy) is 1. The first-order valence-electron chi connectivity index (χ1n) is 5.45. The van der Waals surface area contributed by atoms with Gasteiger partial charge in [-0.2, -0.15) is 4.98 Å². The summed E-state index contributed by atoms with van der Waals surface area (Å²) in [5, 5.41) is 7.05. The summed E-state index contributed by atoms with van der Waals surface area (Å²) in [4.78, 5) is 4.37. The van der Waals surface area contributed by atoms with E-state index < -0.39 is 0 Å². The van der Waals surface area contributed by atoms with Crippen molar-refractivity contribution in [2.45, 2.75) is 25.2 Å². The van der Waals surface area contributed by atoms with Crippen LogP contribution in [0.3, 0.4) is 0 Å².